The number of methoxy groups -OCH3 is 2. The molecule has 0 saturated heterocycles. The van der Waals surface area contributed by atoms with Crippen molar-refractivity contribution in [3.63, 3.8) is 0 Å². The van der Waals surface area contributed by atoms with Gasteiger partial charge >= 0.3 is 0 Å². The van der Waals surface area contributed by atoms with Crippen molar-refractivity contribution in [2.75, 3.05) is 27.8 Å². The Morgan fingerprint density at radius 3 is 1.96 bits per heavy atom. The van der Waals surface area contributed by atoms with Gasteiger partial charge < -0.3 is 24.8 Å². The van der Waals surface area contributed by atoms with Crippen LogP contribution in [-0.2, 0) is 6.54 Å². The van der Waals surface area contributed by atoms with Gasteiger partial charge in [0.25, 0.3) is 0 Å². The fourth-order valence-corrected chi connectivity index (χ4v) is 2.32. The Kier molecular flexibility index (Phi) is 7.61. The lowest BCUT2D eigenvalue weighted by atomic mass is 10.2. The number of aliphatic imine (C=N–C) groups is 1. The van der Waals surface area contributed by atoms with Crippen LogP contribution in [0.3, 0.4) is 0 Å². The molecule has 6 heteroatoms. The molecule has 0 saturated carbocycles. The van der Waals surface area contributed by atoms with Crippen LogP contribution in [0, 0.1) is 0 Å². The lowest BCUT2D eigenvalue weighted by molar-refractivity contribution is 0.223. The molecule has 0 spiro atoms. The molecule has 2 N–H and O–H groups in total. The second-order valence-corrected chi connectivity index (χ2v) is 5.76. The Hall–Kier alpha value is -2.89. The summed E-state index contributed by atoms with van der Waals surface area (Å²) in [6, 6.07) is 15.5. The summed E-state index contributed by atoms with van der Waals surface area (Å²) in [5.74, 6) is 3.19. The quantitative estimate of drug-likeness (QED) is 0.562. The molecule has 26 heavy (non-hydrogen) atoms. The number of nitrogens with one attached hydrogen (secondary N) is 2. The summed E-state index contributed by atoms with van der Waals surface area (Å²) in [7, 11) is 5.06. The lowest BCUT2D eigenvalue weighted by Gasteiger charge is -2.18. The number of hydrogen-bond acceptors (Lipinski definition) is 4. The van der Waals surface area contributed by atoms with Crippen molar-refractivity contribution < 1.29 is 14.2 Å². The Bertz CT molecular complexity index is 684. The van der Waals surface area contributed by atoms with Gasteiger partial charge in [0.1, 0.15) is 23.4 Å². The van der Waals surface area contributed by atoms with Gasteiger partial charge in [-0.3, -0.25) is 4.99 Å². The highest BCUT2D eigenvalue weighted by atomic mass is 16.5. The summed E-state index contributed by atoms with van der Waals surface area (Å²) in [5, 5.41) is 6.55. The molecule has 1 atom stereocenters. The first-order chi connectivity index (χ1) is 12.6. The van der Waals surface area contributed by atoms with Gasteiger partial charge in [0, 0.05) is 13.6 Å². The standard InChI is InChI=1S/C20H27N3O3/c1-15(26-19-11-9-18(25-4)10-12-19)13-22-20(21-2)23-14-16-5-7-17(24-3)8-6-16/h5-12,15H,13-14H2,1-4H3,(H2,21,22,23). The Morgan fingerprint density at radius 1 is 0.885 bits per heavy atom. The minimum Gasteiger partial charge on any atom is -0.497 e. The maximum atomic E-state index is 5.88. The molecule has 0 heterocycles. The number of hydrogen-bond donors (Lipinski definition) is 2. The zero-order valence-electron chi connectivity index (χ0n) is 15.8. The molecule has 0 aromatic heterocycles. The molecule has 0 fully saturated rings. The van der Waals surface area contributed by atoms with E-state index in [-0.39, 0.29) is 6.10 Å². The van der Waals surface area contributed by atoms with E-state index in [1.165, 1.54) is 0 Å². The number of benzene rings is 2. The Morgan fingerprint density at radius 2 is 1.42 bits per heavy atom. The number of rotatable bonds is 8. The third-order valence-electron chi connectivity index (χ3n) is 3.80. The van der Waals surface area contributed by atoms with E-state index in [1.807, 2.05) is 55.5 Å². The molecule has 0 aliphatic heterocycles. The van der Waals surface area contributed by atoms with E-state index in [2.05, 4.69) is 15.6 Å². The SMILES string of the molecule is CN=C(NCc1ccc(OC)cc1)NCC(C)Oc1ccc(OC)cc1. The predicted molar refractivity (Wildman–Crippen MR) is 104 cm³/mol. The molecular weight excluding hydrogens is 330 g/mol. The highest BCUT2D eigenvalue weighted by Crippen LogP contribution is 2.18. The minimum atomic E-state index is -0.0112. The van der Waals surface area contributed by atoms with Gasteiger partial charge in [-0.25, -0.2) is 0 Å². The zero-order valence-corrected chi connectivity index (χ0v) is 15.8. The van der Waals surface area contributed by atoms with Crippen LogP contribution in [-0.4, -0.2) is 39.9 Å². The van der Waals surface area contributed by atoms with Crippen LogP contribution in [0.25, 0.3) is 0 Å². The van der Waals surface area contributed by atoms with Gasteiger partial charge in [0.15, 0.2) is 5.96 Å². The highest BCUT2D eigenvalue weighted by molar-refractivity contribution is 5.79. The van der Waals surface area contributed by atoms with Gasteiger partial charge in [0.2, 0.25) is 0 Å². The average Bonchev–Trinajstić information content (AvgIpc) is 2.69. The molecule has 0 aliphatic carbocycles. The third-order valence-corrected chi connectivity index (χ3v) is 3.80. The van der Waals surface area contributed by atoms with Crippen LogP contribution in [0.4, 0.5) is 0 Å². The highest BCUT2D eigenvalue weighted by Gasteiger charge is 2.06. The van der Waals surface area contributed by atoms with Crippen molar-refractivity contribution in [2.24, 2.45) is 4.99 Å². The minimum absolute atomic E-state index is 0.0112. The molecule has 2 aromatic rings. The van der Waals surface area contributed by atoms with Gasteiger partial charge in [0.05, 0.1) is 20.8 Å². The van der Waals surface area contributed by atoms with Crippen LogP contribution in [0.15, 0.2) is 53.5 Å². The number of nitrogens with zero attached hydrogens (tertiary/aromatic N) is 1. The molecule has 0 radical (unpaired) electrons. The van der Waals surface area contributed by atoms with Gasteiger partial charge in [-0.2, -0.15) is 0 Å². The summed E-state index contributed by atoms with van der Waals surface area (Å²) in [6.45, 7) is 3.32. The first-order valence-electron chi connectivity index (χ1n) is 8.52. The maximum absolute atomic E-state index is 5.88. The zero-order chi connectivity index (χ0) is 18.8. The van der Waals surface area contributed by atoms with Gasteiger partial charge in [-0.15, -0.1) is 0 Å². The van der Waals surface area contributed by atoms with Crippen LogP contribution < -0.4 is 24.8 Å². The number of guanidine groups is 1. The van der Waals surface area contributed by atoms with Crippen molar-refractivity contribution in [3.05, 3.63) is 54.1 Å². The van der Waals surface area contributed by atoms with Crippen LogP contribution >= 0.6 is 0 Å². The molecule has 0 bridgehead atoms. The van der Waals surface area contributed by atoms with E-state index in [4.69, 9.17) is 14.2 Å². The maximum Gasteiger partial charge on any atom is 0.191 e. The molecule has 0 aliphatic rings. The molecule has 2 rings (SSSR count). The van der Waals surface area contributed by atoms with E-state index in [9.17, 15) is 0 Å². The van der Waals surface area contributed by atoms with Gasteiger partial charge in [-0.1, -0.05) is 12.1 Å². The largest absolute Gasteiger partial charge is 0.497 e. The summed E-state index contributed by atoms with van der Waals surface area (Å²) < 4.78 is 16.2. The second kappa shape index (κ2) is 10.2. The Labute approximate surface area is 155 Å². The van der Waals surface area contributed by atoms with Crippen molar-refractivity contribution in [1.82, 2.24) is 10.6 Å². The van der Waals surface area contributed by atoms with E-state index < -0.39 is 0 Å². The fraction of sp³-hybridized carbons (Fsp3) is 0.350. The fourth-order valence-electron chi connectivity index (χ4n) is 2.32. The summed E-state index contributed by atoms with van der Waals surface area (Å²) in [5.41, 5.74) is 1.15. The average molecular weight is 357 g/mol. The predicted octanol–water partition coefficient (Wildman–Crippen LogP) is 2.84. The monoisotopic (exact) mass is 357 g/mol. The lowest BCUT2D eigenvalue weighted by Crippen LogP contribution is -2.41. The van der Waals surface area contributed by atoms with Gasteiger partial charge in [-0.05, 0) is 48.9 Å². The summed E-state index contributed by atoms with van der Waals surface area (Å²) >= 11 is 0. The molecule has 1 unspecified atom stereocenters. The first kappa shape index (κ1) is 19.4. The third kappa shape index (κ3) is 6.20. The second-order valence-electron chi connectivity index (χ2n) is 5.76. The molecular formula is C20H27N3O3. The molecule has 140 valence electrons. The topological polar surface area (TPSA) is 64.1 Å². The van der Waals surface area contributed by atoms with E-state index in [0.717, 1.165) is 28.8 Å². The number of ether oxygens (including phenoxy) is 3. The Balaban J connectivity index is 1.76. The first-order valence-corrected chi connectivity index (χ1v) is 8.52. The van der Waals surface area contributed by atoms with Crippen LogP contribution in [0.2, 0.25) is 0 Å². The van der Waals surface area contributed by atoms with Crippen molar-refractivity contribution in [2.45, 2.75) is 19.6 Å². The molecule has 6 nitrogen and oxygen atoms in total. The van der Waals surface area contributed by atoms with Crippen molar-refractivity contribution >= 4 is 5.96 Å². The van der Waals surface area contributed by atoms with E-state index >= 15 is 0 Å². The molecule has 0 amide bonds. The van der Waals surface area contributed by atoms with E-state index in [1.54, 1.807) is 21.3 Å². The van der Waals surface area contributed by atoms with Crippen LogP contribution in [0.5, 0.6) is 17.2 Å². The van der Waals surface area contributed by atoms with E-state index in [0.29, 0.717) is 13.1 Å². The summed E-state index contributed by atoms with van der Waals surface area (Å²) in [4.78, 5) is 4.24. The summed E-state index contributed by atoms with van der Waals surface area (Å²) in [6.07, 6.45) is -0.0112. The van der Waals surface area contributed by atoms with Crippen molar-refractivity contribution in [1.29, 1.82) is 0 Å². The van der Waals surface area contributed by atoms with Crippen LogP contribution in [0.1, 0.15) is 12.5 Å². The van der Waals surface area contributed by atoms with Crippen molar-refractivity contribution in [3.8, 4) is 17.2 Å². The smallest absolute Gasteiger partial charge is 0.191 e. The normalized spacial score (nSPS) is 12.2. The molecule has 2 aromatic carbocycles.